The molecular weight excluding hydrogens is 299 g/mol. The van der Waals surface area contributed by atoms with Gasteiger partial charge in [-0.2, -0.15) is 5.10 Å². The van der Waals surface area contributed by atoms with Crippen LogP contribution in [0.25, 0.3) is 0 Å². The lowest BCUT2D eigenvalue weighted by atomic mass is 10.1. The van der Waals surface area contributed by atoms with Crippen LogP contribution in [0.3, 0.4) is 0 Å². The second-order valence-corrected chi connectivity index (χ2v) is 6.22. The first-order chi connectivity index (χ1) is 11.1. The van der Waals surface area contributed by atoms with Gasteiger partial charge in [-0.1, -0.05) is 0 Å². The molecule has 23 heavy (non-hydrogen) atoms. The Labute approximate surface area is 135 Å². The van der Waals surface area contributed by atoms with E-state index in [1.165, 1.54) is 4.90 Å². The number of aromatic nitrogens is 2. The highest BCUT2D eigenvalue weighted by atomic mass is 19.1. The quantitative estimate of drug-likeness (QED) is 0.847. The molecule has 0 spiro atoms. The number of aryl methyl sites for hydroxylation is 1. The van der Waals surface area contributed by atoms with Crippen molar-refractivity contribution in [3.8, 4) is 0 Å². The van der Waals surface area contributed by atoms with Crippen molar-refractivity contribution < 1.29 is 14.0 Å². The Bertz CT molecular complexity index is 582. The number of carbonyl (C=O) groups excluding carboxylic acids is 2. The van der Waals surface area contributed by atoms with Crippen LogP contribution < -0.4 is 0 Å². The Balaban J connectivity index is 1.79. The maximum atomic E-state index is 13.9. The molecule has 7 heteroatoms. The van der Waals surface area contributed by atoms with Gasteiger partial charge in [0.05, 0.1) is 6.54 Å². The Kier molecular flexibility index (Phi) is 4.63. The lowest BCUT2D eigenvalue weighted by Crippen LogP contribution is -2.49. The molecule has 0 aromatic carbocycles. The van der Waals surface area contributed by atoms with Crippen molar-refractivity contribution in [1.82, 2.24) is 19.6 Å². The van der Waals surface area contributed by atoms with Crippen LogP contribution in [0.15, 0.2) is 12.3 Å². The van der Waals surface area contributed by atoms with Gasteiger partial charge in [-0.15, -0.1) is 0 Å². The van der Waals surface area contributed by atoms with Crippen LogP contribution in [-0.2, 0) is 11.3 Å². The van der Waals surface area contributed by atoms with Gasteiger partial charge >= 0.3 is 0 Å². The molecule has 0 N–H and O–H groups in total. The van der Waals surface area contributed by atoms with Gasteiger partial charge in [0.1, 0.15) is 17.9 Å². The zero-order valence-corrected chi connectivity index (χ0v) is 13.4. The largest absolute Gasteiger partial charge is 0.341 e. The first-order valence-corrected chi connectivity index (χ1v) is 8.37. The van der Waals surface area contributed by atoms with Crippen LogP contribution in [0.4, 0.5) is 4.39 Å². The molecule has 3 rings (SSSR count). The van der Waals surface area contributed by atoms with Gasteiger partial charge in [0.25, 0.3) is 5.91 Å². The number of halogens is 1. The summed E-state index contributed by atoms with van der Waals surface area (Å²) in [5.41, 5.74) is 0.415. The number of hydrogen-bond donors (Lipinski definition) is 0. The number of hydrogen-bond acceptors (Lipinski definition) is 3. The van der Waals surface area contributed by atoms with Crippen LogP contribution in [0.1, 0.15) is 43.1 Å². The number of amides is 2. The topological polar surface area (TPSA) is 58.4 Å². The molecule has 2 atom stereocenters. The van der Waals surface area contributed by atoms with E-state index in [0.717, 1.165) is 19.3 Å². The number of likely N-dealkylation sites (tertiary alicyclic amines) is 2. The lowest BCUT2D eigenvalue weighted by Gasteiger charge is -2.32. The molecule has 3 heterocycles. The smallest absolute Gasteiger partial charge is 0.272 e. The van der Waals surface area contributed by atoms with E-state index in [4.69, 9.17) is 0 Å². The van der Waals surface area contributed by atoms with Crippen molar-refractivity contribution in [2.75, 3.05) is 19.6 Å². The number of carbonyl (C=O) groups is 2. The van der Waals surface area contributed by atoms with Crippen molar-refractivity contribution in [2.45, 2.75) is 51.4 Å². The van der Waals surface area contributed by atoms with Gasteiger partial charge in [0, 0.05) is 32.3 Å². The summed E-state index contributed by atoms with van der Waals surface area (Å²) in [5.74, 6) is -0.416. The van der Waals surface area contributed by atoms with Crippen molar-refractivity contribution in [1.29, 1.82) is 0 Å². The average Bonchev–Trinajstić information content (AvgIpc) is 3.20. The second kappa shape index (κ2) is 6.68. The minimum Gasteiger partial charge on any atom is -0.341 e. The predicted molar refractivity (Wildman–Crippen MR) is 82.7 cm³/mol. The molecule has 2 amide bonds. The van der Waals surface area contributed by atoms with E-state index in [9.17, 15) is 14.0 Å². The SMILES string of the molecule is CCn1nccc1C(=O)N1C[C@@H](F)C[C@H]1C(=O)N1CCCCC1. The summed E-state index contributed by atoms with van der Waals surface area (Å²) < 4.78 is 15.5. The van der Waals surface area contributed by atoms with Gasteiger partial charge < -0.3 is 9.80 Å². The van der Waals surface area contributed by atoms with Crippen molar-refractivity contribution >= 4 is 11.8 Å². The monoisotopic (exact) mass is 322 g/mol. The van der Waals surface area contributed by atoms with E-state index in [1.807, 2.05) is 6.92 Å². The van der Waals surface area contributed by atoms with Gasteiger partial charge in [-0.3, -0.25) is 14.3 Å². The van der Waals surface area contributed by atoms with Crippen molar-refractivity contribution in [2.24, 2.45) is 0 Å². The van der Waals surface area contributed by atoms with Gasteiger partial charge in [-0.25, -0.2) is 4.39 Å². The standard InChI is InChI=1S/C16H23FN4O2/c1-2-21-13(6-7-18-21)16(23)20-11-12(17)10-14(20)15(22)19-8-4-3-5-9-19/h6-7,12,14H,2-5,8-11H2,1H3/t12-,14-/m0/s1. The highest BCUT2D eigenvalue weighted by Crippen LogP contribution is 2.25. The Morgan fingerprint density at radius 2 is 2.04 bits per heavy atom. The Morgan fingerprint density at radius 3 is 2.74 bits per heavy atom. The molecule has 126 valence electrons. The summed E-state index contributed by atoms with van der Waals surface area (Å²) in [6.07, 6.45) is 3.60. The Morgan fingerprint density at radius 1 is 1.30 bits per heavy atom. The molecule has 0 unspecified atom stereocenters. The number of alkyl halides is 1. The van der Waals surface area contributed by atoms with E-state index < -0.39 is 12.2 Å². The molecule has 0 saturated carbocycles. The van der Waals surface area contributed by atoms with Crippen LogP contribution in [0.2, 0.25) is 0 Å². The lowest BCUT2D eigenvalue weighted by molar-refractivity contribution is -0.136. The van der Waals surface area contributed by atoms with Crippen LogP contribution >= 0.6 is 0 Å². The first kappa shape index (κ1) is 16.0. The summed E-state index contributed by atoms with van der Waals surface area (Å²) in [6.45, 7) is 3.86. The minimum atomic E-state index is -1.14. The van der Waals surface area contributed by atoms with Crippen LogP contribution in [-0.4, -0.2) is 63.2 Å². The molecule has 6 nitrogen and oxygen atoms in total. The highest BCUT2D eigenvalue weighted by molar-refractivity contribution is 5.96. The third-order valence-corrected chi connectivity index (χ3v) is 4.70. The average molecular weight is 322 g/mol. The fourth-order valence-electron chi connectivity index (χ4n) is 3.48. The molecule has 1 aromatic heterocycles. The molecule has 1 aromatic rings. The number of piperidine rings is 1. The van der Waals surface area contributed by atoms with E-state index in [1.54, 1.807) is 21.8 Å². The zero-order chi connectivity index (χ0) is 16.4. The van der Waals surface area contributed by atoms with Gasteiger partial charge in [0.15, 0.2) is 0 Å². The predicted octanol–water partition coefficient (Wildman–Crippen LogP) is 1.47. The van der Waals surface area contributed by atoms with Crippen LogP contribution in [0.5, 0.6) is 0 Å². The van der Waals surface area contributed by atoms with Crippen molar-refractivity contribution in [3.05, 3.63) is 18.0 Å². The third kappa shape index (κ3) is 3.09. The highest BCUT2D eigenvalue weighted by Gasteiger charge is 2.42. The summed E-state index contributed by atoms with van der Waals surface area (Å²) in [5, 5.41) is 4.09. The molecule has 0 aliphatic carbocycles. The minimum absolute atomic E-state index is 0.0159. The maximum Gasteiger partial charge on any atom is 0.272 e. The summed E-state index contributed by atoms with van der Waals surface area (Å²) in [6, 6.07) is 0.940. The summed E-state index contributed by atoms with van der Waals surface area (Å²) in [4.78, 5) is 28.7. The summed E-state index contributed by atoms with van der Waals surface area (Å²) >= 11 is 0. The van der Waals surface area contributed by atoms with E-state index in [-0.39, 0.29) is 24.8 Å². The molecular formula is C16H23FN4O2. The first-order valence-electron chi connectivity index (χ1n) is 8.37. The van der Waals surface area contributed by atoms with E-state index in [0.29, 0.717) is 25.3 Å². The zero-order valence-electron chi connectivity index (χ0n) is 13.4. The third-order valence-electron chi connectivity index (χ3n) is 4.70. The van der Waals surface area contributed by atoms with E-state index >= 15 is 0 Å². The van der Waals surface area contributed by atoms with E-state index in [2.05, 4.69) is 5.10 Å². The maximum absolute atomic E-state index is 13.9. The molecule has 2 aliphatic rings. The number of rotatable bonds is 3. The molecule has 0 bridgehead atoms. The molecule has 2 fully saturated rings. The number of nitrogens with zero attached hydrogens (tertiary/aromatic N) is 4. The molecule has 2 aliphatic heterocycles. The molecule has 2 saturated heterocycles. The van der Waals surface area contributed by atoms with Gasteiger partial charge in [-0.05, 0) is 32.3 Å². The normalized spacial score (nSPS) is 25.0. The Hall–Kier alpha value is -1.92. The fourth-order valence-corrected chi connectivity index (χ4v) is 3.48. The summed E-state index contributed by atoms with van der Waals surface area (Å²) in [7, 11) is 0. The fraction of sp³-hybridized carbons (Fsp3) is 0.688. The van der Waals surface area contributed by atoms with Crippen molar-refractivity contribution in [3.63, 3.8) is 0 Å². The second-order valence-electron chi connectivity index (χ2n) is 6.22. The molecule has 0 radical (unpaired) electrons. The van der Waals surface area contributed by atoms with Crippen LogP contribution in [0, 0.1) is 0 Å². The van der Waals surface area contributed by atoms with Gasteiger partial charge in [0.2, 0.25) is 5.91 Å².